The first-order chi connectivity index (χ1) is 13.3. The summed E-state index contributed by atoms with van der Waals surface area (Å²) in [5.41, 5.74) is 1.30. The van der Waals surface area contributed by atoms with Gasteiger partial charge in [0.25, 0.3) is 0 Å². The molecule has 0 bridgehead atoms. The van der Waals surface area contributed by atoms with Crippen molar-refractivity contribution in [3.63, 3.8) is 0 Å². The highest BCUT2D eigenvalue weighted by Gasteiger charge is 2.22. The number of rotatable bonds is 9. The van der Waals surface area contributed by atoms with Gasteiger partial charge in [0.2, 0.25) is 15.9 Å². The smallest absolute Gasteiger partial charge is 0.312 e. The number of benzene rings is 2. The van der Waals surface area contributed by atoms with Crippen LogP contribution in [-0.4, -0.2) is 32.9 Å². The topological polar surface area (TPSA) is 128 Å². The Kier molecular flexibility index (Phi) is 7.07. The van der Waals surface area contributed by atoms with Crippen molar-refractivity contribution in [3.8, 4) is 5.75 Å². The second-order valence-electron chi connectivity index (χ2n) is 5.84. The summed E-state index contributed by atoms with van der Waals surface area (Å²) in [6.45, 7) is 1.87. The van der Waals surface area contributed by atoms with Crippen LogP contribution in [0.2, 0.25) is 0 Å². The van der Waals surface area contributed by atoms with Gasteiger partial charge in [-0.2, -0.15) is 0 Å². The van der Waals surface area contributed by atoms with Crippen molar-refractivity contribution in [2.75, 3.05) is 19.0 Å². The Balaban J connectivity index is 1.96. The van der Waals surface area contributed by atoms with Crippen molar-refractivity contribution >= 4 is 27.3 Å². The molecular formula is C18H21N3O6S. The van der Waals surface area contributed by atoms with Crippen LogP contribution in [0.3, 0.4) is 0 Å². The molecule has 0 atom stereocenters. The fourth-order valence-electron chi connectivity index (χ4n) is 2.41. The maximum absolute atomic E-state index is 12.3. The molecule has 28 heavy (non-hydrogen) atoms. The van der Waals surface area contributed by atoms with Crippen molar-refractivity contribution in [1.29, 1.82) is 0 Å². The number of nitrogens with zero attached hydrogens (tertiary/aromatic N) is 1. The second kappa shape index (κ2) is 9.29. The molecule has 0 fully saturated rings. The summed E-state index contributed by atoms with van der Waals surface area (Å²) in [7, 11) is -2.76. The molecule has 0 heterocycles. The monoisotopic (exact) mass is 407 g/mol. The summed E-state index contributed by atoms with van der Waals surface area (Å²) in [5, 5.41) is 13.7. The standard InChI is InChI=1S/C18H21N3O6S/c1-3-13-4-6-14(7-5-13)20-18(22)10-11-19-28(25,26)15-8-9-17(27-2)16(12-15)21(23)24/h4-9,12,19H,3,10-11H2,1-2H3,(H,20,22). The molecule has 0 radical (unpaired) electrons. The van der Waals surface area contributed by atoms with E-state index in [2.05, 4.69) is 10.0 Å². The summed E-state index contributed by atoms with van der Waals surface area (Å²) in [6, 6.07) is 10.7. The predicted octanol–water partition coefficient (Wildman–Crippen LogP) is 2.47. The molecule has 0 aliphatic carbocycles. The van der Waals surface area contributed by atoms with Crippen LogP contribution < -0.4 is 14.8 Å². The molecule has 0 saturated carbocycles. The summed E-state index contributed by atoms with van der Waals surface area (Å²) in [4.78, 5) is 22.0. The lowest BCUT2D eigenvalue weighted by molar-refractivity contribution is -0.386. The Hall–Kier alpha value is -2.98. The number of carbonyl (C=O) groups excluding carboxylic acids is 1. The normalized spacial score (nSPS) is 11.1. The molecule has 10 heteroatoms. The molecule has 2 N–H and O–H groups in total. The van der Waals surface area contributed by atoms with Crippen molar-refractivity contribution in [3.05, 3.63) is 58.1 Å². The quantitative estimate of drug-likeness (QED) is 0.485. The Labute approximate surface area is 162 Å². The number of nitrogens with one attached hydrogen (secondary N) is 2. The zero-order valence-corrected chi connectivity index (χ0v) is 16.3. The summed E-state index contributed by atoms with van der Waals surface area (Å²) < 4.78 is 31.7. The first kappa shape index (κ1) is 21.3. The number of hydrogen-bond acceptors (Lipinski definition) is 6. The van der Waals surface area contributed by atoms with Gasteiger partial charge in [-0.05, 0) is 36.2 Å². The number of ether oxygens (including phenoxy) is 1. The van der Waals surface area contributed by atoms with Crippen LogP contribution in [0.4, 0.5) is 11.4 Å². The molecule has 0 aliphatic rings. The van der Waals surface area contributed by atoms with E-state index in [0.717, 1.165) is 18.1 Å². The van der Waals surface area contributed by atoms with Gasteiger partial charge in [0, 0.05) is 24.7 Å². The number of methoxy groups -OCH3 is 1. The first-order valence-electron chi connectivity index (χ1n) is 8.47. The minimum absolute atomic E-state index is 0.0441. The number of nitro benzene ring substituents is 1. The highest BCUT2D eigenvalue weighted by molar-refractivity contribution is 7.89. The zero-order valence-electron chi connectivity index (χ0n) is 15.5. The lowest BCUT2D eigenvalue weighted by Crippen LogP contribution is -2.28. The van der Waals surface area contributed by atoms with Crippen LogP contribution in [0.1, 0.15) is 18.9 Å². The fourth-order valence-corrected chi connectivity index (χ4v) is 3.46. The van der Waals surface area contributed by atoms with Gasteiger partial charge in [-0.25, -0.2) is 13.1 Å². The zero-order chi connectivity index (χ0) is 20.7. The largest absolute Gasteiger partial charge is 0.490 e. The van der Waals surface area contributed by atoms with Crippen LogP contribution in [0.25, 0.3) is 0 Å². The molecule has 0 aliphatic heterocycles. The average Bonchev–Trinajstić information content (AvgIpc) is 2.67. The van der Waals surface area contributed by atoms with Gasteiger partial charge >= 0.3 is 5.69 Å². The summed E-state index contributed by atoms with van der Waals surface area (Å²) >= 11 is 0. The molecule has 0 unspecified atom stereocenters. The van der Waals surface area contributed by atoms with Crippen molar-refractivity contribution < 1.29 is 22.9 Å². The van der Waals surface area contributed by atoms with E-state index in [1.54, 1.807) is 12.1 Å². The number of aryl methyl sites for hydroxylation is 1. The van der Waals surface area contributed by atoms with Crippen LogP contribution in [0.5, 0.6) is 5.75 Å². The predicted molar refractivity (Wildman–Crippen MR) is 104 cm³/mol. The number of amides is 1. The van der Waals surface area contributed by atoms with E-state index in [4.69, 9.17) is 4.74 Å². The average molecular weight is 407 g/mol. The minimum atomic E-state index is -4.01. The molecule has 2 aromatic rings. The Morgan fingerprint density at radius 3 is 2.43 bits per heavy atom. The molecule has 150 valence electrons. The van der Waals surface area contributed by atoms with E-state index in [-0.39, 0.29) is 29.5 Å². The Morgan fingerprint density at radius 2 is 1.86 bits per heavy atom. The van der Waals surface area contributed by atoms with E-state index in [9.17, 15) is 23.3 Å². The van der Waals surface area contributed by atoms with Crippen LogP contribution in [0.15, 0.2) is 47.4 Å². The third kappa shape index (κ3) is 5.51. The van der Waals surface area contributed by atoms with E-state index in [1.165, 1.54) is 19.2 Å². The lowest BCUT2D eigenvalue weighted by atomic mass is 10.1. The SMILES string of the molecule is CCc1ccc(NC(=O)CCNS(=O)(=O)c2ccc(OC)c([N+](=O)[O-])c2)cc1. The number of hydrogen-bond donors (Lipinski definition) is 2. The van der Waals surface area contributed by atoms with Crippen molar-refractivity contribution in [2.24, 2.45) is 0 Å². The summed E-state index contributed by atoms with van der Waals surface area (Å²) in [5.74, 6) is -0.398. The third-order valence-electron chi connectivity index (χ3n) is 3.95. The molecule has 2 aromatic carbocycles. The molecule has 1 amide bonds. The molecule has 0 spiro atoms. The number of carbonyl (C=O) groups is 1. The second-order valence-corrected chi connectivity index (χ2v) is 7.60. The number of nitro groups is 1. The highest BCUT2D eigenvalue weighted by Crippen LogP contribution is 2.29. The minimum Gasteiger partial charge on any atom is -0.490 e. The van der Waals surface area contributed by atoms with E-state index >= 15 is 0 Å². The number of anilines is 1. The van der Waals surface area contributed by atoms with Gasteiger partial charge in [-0.3, -0.25) is 14.9 Å². The van der Waals surface area contributed by atoms with Crippen LogP contribution >= 0.6 is 0 Å². The van der Waals surface area contributed by atoms with E-state index in [1.807, 2.05) is 19.1 Å². The Bertz CT molecular complexity index is 958. The molecule has 9 nitrogen and oxygen atoms in total. The molecule has 0 aromatic heterocycles. The van der Waals surface area contributed by atoms with E-state index in [0.29, 0.717) is 5.69 Å². The van der Waals surface area contributed by atoms with Crippen LogP contribution in [0, 0.1) is 10.1 Å². The van der Waals surface area contributed by atoms with Gasteiger partial charge in [0.05, 0.1) is 16.9 Å². The van der Waals surface area contributed by atoms with Crippen molar-refractivity contribution in [1.82, 2.24) is 4.72 Å². The van der Waals surface area contributed by atoms with Gasteiger partial charge in [0.15, 0.2) is 5.75 Å². The lowest BCUT2D eigenvalue weighted by Gasteiger charge is -2.09. The van der Waals surface area contributed by atoms with E-state index < -0.39 is 20.6 Å². The first-order valence-corrected chi connectivity index (χ1v) is 9.96. The van der Waals surface area contributed by atoms with Crippen molar-refractivity contribution in [2.45, 2.75) is 24.7 Å². The molecular weight excluding hydrogens is 386 g/mol. The summed E-state index contributed by atoms with van der Waals surface area (Å²) in [6.07, 6.45) is 0.798. The maximum atomic E-state index is 12.3. The Morgan fingerprint density at radius 1 is 1.18 bits per heavy atom. The maximum Gasteiger partial charge on any atom is 0.312 e. The molecule has 2 rings (SSSR count). The fraction of sp³-hybridized carbons (Fsp3) is 0.278. The van der Waals surface area contributed by atoms with Gasteiger partial charge in [0.1, 0.15) is 0 Å². The molecule has 0 saturated heterocycles. The number of sulfonamides is 1. The van der Waals surface area contributed by atoms with Gasteiger partial charge in [-0.1, -0.05) is 19.1 Å². The van der Waals surface area contributed by atoms with Crippen LogP contribution in [-0.2, 0) is 21.2 Å². The highest BCUT2D eigenvalue weighted by atomic mass is 32.2. The van der Waals surface area contributed by atoms with Gasteiger partial charge in [-0.15, -0.1) is 0 Å². The van der Waals surface area contributed by atoms with Gasteiger partial charge < -0.3 is 10.1 Å². The third-order valence-corrected chi connectivity index (χ3v) is 5.41.